The van der Waals surface area contributed by atoms with E-state index in [1.54, 1.807) is 12.1 Å². The van der Waals surface area contributed by atoms with Crippen molar-refractivity contribution < 1.29 is 14.0 Å². The normalized spacial score (nSPS) is 13.4. The van der Waals surface area contributed by atoms with Crippen LogP contribution in [0, 0.1) is 5.82 Å². The minimum atomic E-state index is -0.497. The van der Waals surface area contributed by atoms with Gasteiger partial charge in [0.25, 0.3) is 0 Å². The predicted octanol–water partition coefficient (Wildman–Crippen LogP) is 2.14. The summed E-state index contributed by atoms with van der Waals surface area (Å²) in [5, 5.41) is 13.2. The molecule has 0 saturated heterocycles. The van der Waals surface area contributed by atoms with Crippen LogP contribution in [0.4, 0.5) is 15.0 Å². The van der Waals surface area contributed by atoms with Crippen LogP contribution in [0.5, 0.6) is 0 Å². The van der Waals surface area contributed by atoms with Crippen LogP contribution in [0.15, 0.2) is 24.3 Å². The molecule has 0 aliphatic carbocycles. The monoisotopic (exact) mass is 374 g/mol. The lowest BCUT2D eigenvalue weighted by molar-refractivity contribution is -0.115. The molecule has 0 spiro atoms. The van der Waals surface area contributed by atoms with E-state index >= 15 is 0 Å². The first-order valence-electron chi connectivity index (χ1n) is 8.90. The fraction of sp³-hybridized carbons (Fsp3) is 0.389. The number of carbonyl (C=O) groups excluding carboxylic acids is 2. The third-order valence-corrected chi connectivity index (χ3v) is 4.49. The number of hydrazine groups is 1. The van der Waals surface area contributed by atoms with Crippen LogP contribution in [-0.4, -0.2) is 38.7 Å². The van der Waals surface area contributed by atoms with E-state index in [0.717, 1.165) is 24.1 Å². The Morgan fingerprint density at radius 2 is 2.07 bits per heavy atom. The summed E-state index contributed by atoms with van der Waals surface area (Å²) >= 11 is 0. The first-order chi connectivity index (χ1) is 13.0. The molecule has 1 aromatic carbocycles. The number of halogens is 1. The molecule has 1 aliphatic rings. The number of amides is 3. The first-order valence-corrected chi connectivity index (χ1v) is 8.90. The maximum absolute atomic E-state index is 13.0. The van der Waals surface area contributed by atoms with Crippen molar-refractivity contribution in [3.05, 3.63) is 46.9 Å². The second kappa shape index (κ2) is 8.17. The van der Waals surface area contributed by atoms with Gasteiger partial charge < -0.3 is 11.1 Å². The van der Waals surface area contributed by atoms with Crippen molar-refractivity contribution in [2.45, 2.75) is 39.3 Å². The Morgan fingerprint density at radius 1 is 1.33 bits per heavy atom. The van der Waals surface area contributed by atoms with Gasteiger partial charge in [-0.2, -0.15) is 5.10 Å². The predicted molar refractivity (Wildman–Crippen MR) is 97.8 cm³/mol. The minimum Gasteiger partial charge on any atom is -0.350 e. The number of nitrogens with one attached hydrogen (secondary N) is 2. The van der Waals surface area contributed by atoms with Gasteiger partial charge in [0, 0.05) is 18.7 Å². The Hall–Kier alpha value is -2.94. The van der Waals surface area contributed by atoms with Crippen LogP contribution in [-0.2, 0) is 24.3 Å². The molecule has 1 aliphatic heterocycles. The summed E-state index contributed by atoms with van der Waals surface area (Å²) in [4.78, 5) is 24.0. The molecule has 1 aromatic heterocycles. The zero-order valence-electron chi connectivity index (χ0n) is 15.2. The lowest BCUT2D eigenvalue weighted by atomic mass is 10.1. The van der Waals surface area contributed by atoms with E-state index in [-0.39, 0.29) is 18.1 Å². The van der Waals surface area contributed by atoms with Crippen molar-refractivity contribution in [1.82, 2.24) is 20.2 Å². The van der Waals surface area contributed by atoms with Gasteiger partial charge in [0.05, 0.1) is 18.7 Å². The maximum atomic E-state index is 13.0. The molecule has 0 bridgehead atoms. The number of fused-ring (bicyclic) bond motifs is 1. The number of hydrogen-bond acceptors (Lipinski definition) is 4. The molecule has 2 heterocycles. The highest BCUT2D eigenvalue weighted by Gasteiger charge is 2.30. The second-order valence-electron chi connectivity index (χ2n) is 6.52. The topological polar surface area (TPSA) is 107 Å². The molecule has 0 unspecified atom stereocenters. The van der Waals surface area contributed by atoms with Crippen LogP contribution in [0.3, 0.4) is 0 Å². The lowest BCUT2D eigenvalue weighted by Crippen LogP contribution is -2.47. The molecule has 0 radical (unpaired) electrons. The number of aromatic amines is 1. The van der Waals surface area contributed by atoms with E-state index in [0.29, 0.717) is 31.0 Å². The van der Waals surface area contributed by atoms with Crippen LogP contribution >= 0.6 is 0 Å². The average Bonchev–Trinajstić information content (AvgIpc) is 3.19. The summed E-state index contributed by atoms with van der Waals surface area (Å²) in [6.45, 7) is 3.51. The number of nitrogens with zero attached hydrogens (tertiary/aromatic N) is 3. The number of unbranched alkanes of at least 4 members (excludes halogenated alkanes) is 1. The first kappa shape index (κ1) is 18.8. The molecule has 0 atom stereocenters. The number of benzene rings is 1. The molecule has 144 valence electrons. The highest BCUT2D eigenvalue weighted by molar-refractivity contribution is 5.92. The molecular weight excluding hydrogens is 351 g/mol. The van der Waals surface area contributed by atoms with Crippen LogP contribution < -0.4 is 11.1 Å². The van der Waals surface area contributed by atoms with Crippen LogP contribution in [0.25, 0.3) is 0 Å². The van der Waals surface area contributed by atoms with Gasteiger partial charge in [-0.25, -0.2) is 14.2 Å². The molecule has 0 fully saturated rings. The van der Waals surface area contributed by atoms with E-state index in [1.807, 2.05) is 11.9 Å². The third kappa shape index (κ3) is 4.43. The van der Waals surface area contributed by atoms with Crippen LogP contribution in [0.1, 0.15) is 36.6 Å². The fourth-order valence-electron chi connectivity index (χ4n) is 3.06. The Kier molecular flexibility index (Phi) is 5.70. The van der Waals surface area contributed by atoms with E-state index in [2.05, 4.69) is 15.5 Å². The highest BCUT2D eigenvalue weighted by atomic mass is 19.1. The largest absolute Gasteiger partial charge is 0.350 e. The van der Waals surface area contributed by atoms with Crippen molar-refractivity contribution in [2.75, 3.05) is 11.9 Å². The molecule has 3 rings (SSSR count). The Bertz CT molecular complexity index is 820. The highest BCUT2D eigenvalue weighted by Crippen LogP contribution is 2.28. The Labute approximate surface area is 156 Å². The molecule has 3 amide bonds. The van der Waals surface area contributed by atoms with E-state index in [4.69, 9.17) is 5.73 Å². The van der Waals surface area contributed by atoms with Gasteiger partial charge in [0.2, 0.25) is 5.91 Å². The number of hydrogen-bond donors (Lipinski definition) is 3. The van der Waals surface area contributed by atoms with Gasteiger partial charge >= 0.3 is 6.03 Å². The average molecular weight is 374 g/mol. The van der Waals surface area contributed by atoms with E-state index in [9.17, 15) is 14.0 Å². The molecule has 9 heteroatoms. The van der Waals surface area contributed by atoms with Crippen LogP contribution in [0.2, 0.25) is 0 Å². The van der Waals surface area contributed by atoms with Gasteiger partial charge in [-0.3, -0.25) is 14.9 Å². The quantitative estimate of drug-likeness (QED) is 0.690. The summed E-state index contributed by atoms with van der Waals surface area (Å²) in [6, 6.07) is 5.29. The molecule has 0 saturated carbocycles. The summed E-state index contributed by atoms with van der Waals surface area (Å²) in [7, 11) is 0. The van der Waals surface area contributed by atoms with Crippen molar-refractivity contribution >= 4 is 17.8 Å². The smallest absolute Gasteiger partial charge is 0.329 e. The third-order valence-electron chi connectivity index (χ3n) is 4.49. The summed E-state index contributed by atoms with van der Waals surface area (Å²) < 4.78 is 13.0. The lowest BCUT2D eigenvalue weighted by Gasteiger charge is -2.29. The van der Waals surface area contributed by atoms with Crippen molar-refractivity contribution in [1.29, 1.82) is 0 Å². The van der Waals surface area contributed by atoms with Gasteiger partial charge in [-0.15, -0.1) is 0 Å². The standard InChI is InChI=1S/C18H23FN6O2/c1-2-3-8-25(18(20)27)24-10-14-15(11-24)22-23-17(14)21-16(26)9-12-4-6-13(19)7-5-12/h4-7H,2-3,8-11H2,1H3,(H2,20,27)(H2,21,22,23,26). The number of nitrogens with two attached hydrogens (primary N) is 1. The van der Waals surface area contributed by atoms with Crippen molar-refractivity contribution in [3.8, 4) is 0 Å². The summed E-state index contributed by atoms with van der Waals surface area (Å²) in [6.07, 6.45) is 1.93. The summed E-state index contributed by atoms with van der Waals surface area (Å²) in [5.74, 6) is -0.141. The van der Waals surface area contributed by atoms with E-state index < -0.39 is 6.03 Å². The number of H-pyrrole nitrogens is 1. The van der Waals surface area contributed by atoms with Crippen molar-refractivity contribution in [2.24, 2.45) is 5.73 Å². The molecule has 27 heavy (non-hydrogen) atoms. The maximum Gasteiger partial charge on any atom is 0.329 e. The molecular formula is C18H23FN6O2. The zero-order chi connectivity index (χ0) is 19.4. The van der Waals surface area contributed by atoms with Gasteiger partial charge in [0.15, 0.2) is 5.82 Å². The van der Waals surface area contributed by atoms with Gasteiger partial charge in [-0.1, -0.05) is 25.5 Å². The molecule has 4 N–H and O–H groups in total. The van der Waals surface area contributed by atoms with Gasteiger partial charge in [-0.05, 0) is 24.1 Å². The minimum absolute atomic E-state index is 0.121. The number of aromatic nitrogens is 2. The number of primary amides is 1. The van der Waals surface area contributed by atoms with Crippen molar-refractivity contribution in [3.63, 3.8) is 0 Å². The van der Waals surface area contributed by atoms with E-state index in [1.165, 1.54) is 17.1 Å². The fourth-order valence-corrected chi connectivity index (χ4v) is 3.06. The molecule has 2 aromatic rings. The zero-order valence-corrected chi connectivity index (χ0v) is 15.2. The second-order valence-corrected chi connectivity index (χ2v) is 6.52. The SMILES string of the molecule is CCCCN(C(N)=O)N1Cc2[nH]nc(NC(=O)Cc3ccc(F)cc3)c2C1. The molecule has 8 nitrogen and oxygen atoms in total. The van der Waals surface area contributed by atoms with Gasteiger partial charge in [0.1, 0.15) is 5.82 Å². The summed E-state index contributed by atoms with van der Waals surface area (Å²) in [5.41, 5.74) is 7.89. The number of rotatable bonds is 7. The number of carbonyl (C=O) groups is 2. The number of anilines is 1. The Morgan fingerprint density at radius 3 is 2.74 bits per heavy atom. The Balaban J connectivity index is 1.64. The number of urea groups is 1.